The van der Waals surface area contributed by atoms with Gasteiger partial charge in [0.15, 0.2) is 0 Å². The lowest BCUT2D eigenvalue weighted by Gasteiger charge is -2.32. The Hall–Kier alpha value is -2.43. The van der Waals surface area contributed by atoms with Gasteiger partial charge in [-0.15, -0.1) is 12.4 Å². The van der Waals surface area contributed by atoms with Crippen LogP contribution in [0.2, 0.25) is 0 Å². The van der Waals surface area contributed by atoms with Gasteiger partial charge in [0.25, 0.3) is 0 Å². The van der Waals surface area contributed by atoms with Crippen molar-refractivity contribution in [1.82, 2.24) is 15.5 Å². The molecule has 1 saturated heterocycles. The summed E-state index contributed by atoms with van der Waals surface area (Å²) in [5, 5.41) is 23.2. The van der Waals surface area contributed by atoms with E-state index in [1.165, 1.54) is 24.4 Å². The number of piperidine rings is 1. The molecule has 1 aromatic heterocycles. The van der Waals surface area contributed by atoms with E-state index in [4.69, 9.17) is 0 Å². The van der Waals surface area contributed by atoms with Crippen LogP contribution in [0.3, 0.4) is 0 Å². The summed E-state index contributed by atoms with van der Waals surface area (Å²) in [6, 6.07) is 5.98. The highest BCUT2D eigenvalue weighted by Gasteiger charge is 2.36. The second kappa shape index (κ2) is 7.44. The molecule has 1 atom stereocenters. The van der Waals surface area contributed by atoms with Crippen molar-refractivity contribution in [3.63, 3.8) is 0 Å². The third-order valence-electron chi connectivity index (χ3n) is 4.97. The van der Waals surface area contributed by atoms with Crippen LogP contribution in [-0.4, -0.2) is 23.3 Å². The summed E-state index contributed by atoms with van der Waals surface area (Å²) >= 11 is 0. The zero-order valence-corrected chi connectivity index (χ0v) is 14.7. The maximum absolute atomic E-state index is 14.5. The summed E-state index contributed by atoms with van der Waals surface area (Å²) in [5.74, 6) is -1.37. The van der Waals surface area contributed by atoms with Crippen molar-refractivity contribution in [3.8, 4) is 6.07 Å². The van der Waals surface area contributed by atoms with E-state index < -0.39 is 17.6 Å². The number of benzene rings is 1. The zero-order valence-electron chi connectivity index (χ0n) is 13.9. The summed E-state index contributed by atoms with van der Waals surface area (Å²) < 4.78 is 29.0. The van der Waals surface area contributed by atoms with Crippen LogP contribution in [0.4, 0.5) is 14.6 Å². The first-order chi connectivity index (χ1) is 12.2. The Kier molecular flexibility index (Phi) is 5.25. The van der Waals surface area contributed by atoms with Gasteiger partial charge in [0.1, 0.15) is 17.5 Å². The maximum atomic E-state index is 14.5. The monoisotopic (exact) mass is 377 g/mol. The second-order valence-corrected chi connectivity index (χ2v) is 6.36. The number of rotatable bonds is 2. The number of nitriles is 1. The third-order valence-corrected chi connectivity index (χ3v) is 4.97. The normalized spacial score (nSPS) is 20.0. The van der Waals surface area contributed by atoms with Gasteiger partial charge < -0.3 is 10.6 Å². The minimum atomic E-state index is -0.800. The van der Waals surface area contributed by atoms with Crippen LogP contribution in [0.1, 0.15) is 29.9 Å². The first-order valence-electron chi connectivity index (χ1n) is 8.29. The molecule has 1 unspecified atom stereocenters. The number of halogens is 3. The van der Waals surface area contributed by atoms with Crippen molar-refractivity contribution < 1.29 is 8.78 Å². The number of fused-ring (bicyclic) bond motifs is 1. The van der Waals surface area contributed by atoms with E-state index >= 15 is 0 Å². The lowest BCUT2D eigenvalue weighted by Crippen LogP contribution is -2.32. The van der Waals surface area contributed by atoms with Crippen molar-refractivity contribution in [3.05, 3.63) is 58.4 Å². The fourth-order valence-electron chi connectivity index (χ4n) is 3.77. The van der Waals surface area contributed by atoms with Crippen LogP contribution in [0, 0.1) is 28.9 Å². The Morgan fingerprint density at radius 2 is 1.85 bits per heavy atom. The molecule has 3 N–H and O–H groups in total. The molecule has 1 fully saturated rings. The fourth-order valence-corrected chi connectivity index (χ4v) is 3.77. The van der Waals surface area contributed by atoms with Crippen molar-refractivity contribution in [2.24, 2.45) is 5.92 Å². The topological polar surface area (TPSA) is 76.5 Å². The average molecular weight is 378 g/mol. The number of aromatic nitrogens is 2. The molecular weight excluding hydrogens is 360 g/mol. The lowest BCUT2D eigenvalue weighted by molar-refractivity contribution is 0.417. The number of nitrogens with one attached hydrogen (secondary N) is 3. The number of hydrogen-bond donors (Lipinski definition) is 3. The number of allylic oxidation sites excluding steroid dienone is 2. The molecule has 0 bridgehead atoms. The molecule has 0 radical (unpaired) electrons. The smallest absolute Gasteiger partial charge is 0.130 e. The molecule has 1 aromatic carbocycles. The maximum Gasteiger partial charge on any atom is 0.130 e. The van der Waals surface area contributed by atoms with Gasteiger partial charge in [0, 0.05) is 22.7 Å². The molecule has 2 aliphatic rings. The van der Waals surface area contributed by atoms with Crippen LogP contribution in [0.5, 0.6) is 0 Å². The van der Waals surface area contributed by atoms with Crippen LogP contribution in [0.25, 0.3) is 0 Å². The molecular formula is C18H18ClF2N5. The van der Waals surface area contributed by atoms with E-state index in [9.17, 15) is 14.0 Å². The molecule has 2 aromatic rings. The number of H-pyrrole nitrogens is 1. The number of anilines is 1. The largest absolute Gasteiger partial charge is 0.343 e. The summed E-state index contributed by atoms with van der Waals surface area (Å²) in [7, 11) is 0. The first-order valence-corrected chi connectivity index (χ1v) is 8.29. The van der Waals surface area contributed by atoms with Crippen molar-refractivity contribution >= 4 is 18.2 Å². The molecule has 0 aliphatic carbocycles. The molecule has 0 saturated carbocycles. The van der Waals surface area contributed by atoms with Gasteiger partial charge in [-0.3, -0.25) is 5.10 Å². The van der Waals surface area contributed by atoms with E-state index in [0.29, 0.717) is 17.0 Å². The number of hydrogen-bond acceptors (Lipinski definition) is 4. The van der Waals surface area contributed by atoms with E-state index in [-0.39, 0.29) is 23.9 Å². The lowest BCUT2D eigenvalue weighted by atomic mass is 9.79. The zero-order chi connectivity index (χ0) is 17.4. The quantitative estimate of drug-likeness (QED) is 0.749. The number of nitrogens with zero attached hydrogens (tertiary/aromatic N) is 2. The summed E-state index contributed by atoms with van der Waals surface area (Å²) in [5.41, 5.74) is 1.59. The van der Waals surface area contributed by atoms with Gasteiger partial charge in [0.05, 0.1) is 23.8 Å². The molecule has 4 rings (SSSR count). The van der Waals surface area contributed by atoms with Crippen LogP contribution in [-0.2, 0) is 0 Å². The van der Waals surface area contributed by atoms with Gasteiger partial charge in [-0.1, -0.05) is 6.07 Å². The molecule has 2 aliphatic heterocycles. The molecule has 136 valence electrons. The van der Waals surface area contributed by atoms with Crippen LogP contribution in [0.15, 0.2) is 35.7 Å². The summed E-state index contributed by atoms with van der Waals surface area (Å²) in [6.07, 6.45) is 3.25. The SMILES string of the molecule is Cl.N#CC1=C(C2CCNCC2)Nc2[nH]ncc2C1c1c(F)cccc1F. The van der Waals surface area contributed by atoms with E-state index in [1.54, 1.807) is 0 Å². The Morgan fingerprint density at radius 1 is 1.15 bits per heavy atom. The van der Waals surface area contributed by atoms with Crippen molar-refractivity contribution in [2.75, 3.05) is 18.4 Å². The van der Waals surface area contributed by atoms with Gasteiger partial charge in [-0.05, 0) is 38.1 Å². The van der Waals surface area contributed by atoms with E-state index in [0.717, 1.165) is 31.6 Å². The summed E-state index contributed by atoms with van der Waals surface area (Å²) in [4.78, 5) is 0. The Labute approximate surface area is 155 Å². The van der Waals surface area contributed by atoms with Crippen LogP contribution < -0.4 is 10.6 Å². The van der Waals surface area contributed by atoms with E-state index in [1.807, 2.05) is 0 Å². The van der Waals surface area contributed by atoms with Gasteiger partial charge in [0.2, 0.25) is 0 Å². The molecule has 0 amide bonds. The third kappa shape index (κ3) is 2.96. The predicted octanol–water partition coefficient (Wildman–Crippen LogP) is 3.44. The predicted molar refractivity (Wildman–Crippen MR) is 95.9 cm³/mol. The van der Waals surface area contributed by atoms with Crippen molar-refractivity contribution in [2.45, 2.75) is 18.8 Å². The molecule has 5 nitrogen and oxygen atoms in total. The molecule has 8 heteroatoms. The Bertz CT molecular complexity index is 860. The highest BCUT2D eigenvalue weighted by molar-refractivity contribution is 5.85. The minimum absolute atomic E-state index is 0. The highest BCUT2D eigenvalue weighted by atomic mass is 35.5. The highest BCUT2D eigenvalue weighted by Crippen LogP contribution is 2.44. The Balaban J connectivity index is 0.00000196. The van der Waals surface area contributed by atoms with Gasteiger partial charge >= 0.3 is 0 Å². The molecule has 0 spiro atoms. The summed E-state index contributed by atoms with van der Waals surface area (Å²) in [6.45, 7) is 1.70. The standard InChI is InChI=1S/C18H17F2N5.ClH/c19-13-2-1-3-14(20)16(13)15-11(8-21)17(10-4-6-22-7-5-10)24-18-12(15)9-23-25-18;/h1-3,9-10,15,22H,4-7H2,(H2,23,24,25);1H. The van der Waals surface area contributed by atoms with Gasteiger partial charge in [-0.2, -0.15) is 10.4 Å². The molecule has 26 heavy (non-hydrogen) atoms. The Morgan fingerprint density at radius 3 is 2.50 bits per heavy atom. The average Bonchev–Trinajstić information content (AvgIpc) is 3.10. The molecule has 3 heterocycles. The first kappa shape index (κ1) is 18.4. The van der Waals surface area contributed by atoms with Gasteiger partial charge in [-0.25, -0.2) is 8.78 Å². The van der Waals surface area contributed by atoms with E-state index in [2.05, 4.69) is 26.9 Å². The van der Waals surface area contributed by atoms with Crippen LogP contribution >= 0.6 is 12.4 Å². The minimum Gasteiger partial charge on any atom is -0.343 e. The van der Waals surface area contributed by atoms with Crippen molar-refractivity contribution in [1.29, 1.82) is 5.26 Å². The second-order valence-electron chi connectivity index (χ2n) is 6.36. The fraction of sp³-hybridized carbons (Fsp3) is 0.333. The number of aromatic amines is 1.